The number of alkyl halides is 1. The van der Waals surface area contributed by atoms with E-state index in [-0.39, 0.29) is 5.78 Å². The summed E-state index contributed by atoms with van der Waals surface area (Å²) in [6.45, 7) is 8.77. The normalized spacial score (nSPS) is 10.6. The molecular formula is C16H23ClO2. The molecule has 0 aliphatic rings. The van der Waals surface area contributed by atoms with E-state index in [1.54, 1.807) is 0 Å². The molecule has 0 aliphatic carbocycles. The van der Waals surface area contributed by atoms with Gasteiger partial charge in [-0.25, -0.2) is 0 Å². The summed E-state index contributed by atoms with van der Waals surface area (Å²) >= 11 is 5.65. The van der Waals surface area contributed by atoms with Crippen molar-refractivity contribution in [3.8, 4) is 5.75 Å². The second-order valence-corrected chi connectivity index (χ2v) is 5.26. The van der Waals surface area contributed by atoms with E-state index in [1.807, 2.05) is 26.8 Å². The number of rotatable bonds is 7. The van der Waals surface area contributed by atoms with Crippen molar-refractivity contribution in [2.24, 2.45) is 0 Å². The van der Waals surface area contributed by atoms with Crippen LogP contribution in [-0.2, 0) is 0 Å². The quantitative estimate of drug-likeness (QED) is 0.539. The van der Waals surface area contributed by atoms with Gasteiger partial charge in [0.25, 0.3) is 0 Å². The Balaban J connectivity index is 3.07. The number of benzene rings is 1. The summed E-state index contributed by atoms with van der Waals surface area (Å²) in [5, 5.41) is 0. The molecule has 1 rings (SSSR count). The lowest BCUT2D eigenvalue weighted by molar-refractivity contribution is 0.0980. The molecule has 0 N–H and O–H groups in total. The van der Waals surface area contributed by atoms with Crippen LogP contribution in [0.2, 0.25) is 0 Å². The molecule has 0 spiro atoms. The molecule has 0 bridgehead atoms. The first-order valence-corrected chi connectivity index (χ1v) is 7.39. The molecule has 1 aromatic carbocycles. The zero-order valence-corrected chi connectivity index (χ0v) is 13.1. The highest BCUT2D eigenvalue weighted by Gasteiger charge is 2.16. The first kappa shape index (κ1) is 16.0. The third-order valence-electron chi connectivity index (χ3n) is 3.33. The summed E-state index contributed by atoms with van der Waals surface area (Å²) in [6, 6.07) is 1.98. The van der Waals surface area contributed by atoms with Crippen molar-refractivity contribution in [2.45, 2.75) is 47.0 Å². The average molecular weight is 283 g/mol. The fraction of sp³-hybridized carbons (Fsp3) is 0.562. The van der Waals surface area contributed by atoms with Crippen LogP contribution in [0.5, 0.6) is 5.75 Å². The molecule has 0 radical (unpaired) electrons. The van der Waals surface area contributed by atoms with Gasteiger partial charge in [-0.1, -0.05) is 6.92 Å². The lowest BCUT2D eigenvalue weighted by Crippen LogP contribution is -2.08. The molecule has 1 aromatic rings. The summed E-state index contributed by atoms with van der Waals surface area (Å²) in [7, 11) is 0. The molecule has 0 saturated carbocycles. The van der Waals surface area contributed by atoms with E-state index >= 15 is 0 Å². The number of ketones is 1. The van der Waals surface area contributed by atoms with Gasteiger partial charge in [-0.2, -0.15) is 0 Å². The van der Waals surface area contributed by atoms with Gasteiger partial charge >= 0.3 is 0 Å². The molecule has 106 valence electrons. The van der Waals surface area contributed by atoms with E-state index in [9.17, 15) is 4.79 Å². The van der Waals surface area contributed by atoms with Crippen molar-refractivity contribution in [1.29, 1.82) is 0 Å². The maximum atomic E-state index is 12.2. The fourth-order valence-electron chi connectivity index (χ4n) is 2.19. The molecular weight excluding hydrogens is 260 g/mol. The van der Waals surface area contributed by atoms with Crippen LogP contribution in [0.4, 0.5) is 0 Å². The van der Waals surface area contributed by atoms with E-state index < -0.39 is 0 Å². The van der Waals surface area contributed by atoms with Crippen molar-refractivity contribution in [1.82, 2.24) is 0 Å². The number of carbonyl (C=O) groups excluding carboxylic acids is 1. The number of hydrogen-bond donors (Lipinski definition) is 0. The maximum Gasteiger partial charge on any atom is 0.163 e. The minimum Gasteiger partial charge on any atom is -0.493 e. The third-order valence-corrected chi connectivity index (χ3v) is 3.59. The molecule has 0 atom stereocenters. The highest BCUT2D eigenvalue weighted by molar-refractivity contribution is 6.18. The van der Waals surface area contributed by atoms with Crippen molar-refractivity contribution < 1.29 is 9.53 Å². The van der Waals surface area contributed by atoms with Gasteiger partial charge in [0.1, 0.15) is 5.75 Å². The van der Waals surface area contributed by atoms with Gasteiger partial charge in [0.05, 0.1) is 6.61 Å². The van der Waals surface area contributed by atoms with Crippen LogP contribution in [0.25, 0.3) is 0 Å². The standard InChI is InChI=1S/C16H23ClO2/c1-5-9-19-15-10-11(2)16(13(4)12(15)3)14(18)7-6-8-17/h10H,5-9H2,1-4H3. The molecule has 3 heteroatoms. The molecule has 0 aromatic heterocycles. The fourth-order valence-corrected chi connectivity index (χ4v) is 2.32. The van der Waals surface area contributed by atoms with Crippen LogP contribution < -0.4 is 4.74 Å². The Morgan fingerprint density at radius 3 is 2.53 bits per heavy atom. The molecule has 2 nitrogen and oxygen atoms in total. The summed E-state index contributed by atoms with van der Waals surface area (Å²) < 4.78 is 5.73. The van der Waals surface area contributed by atoms with Gasteiger partial charge in [0.15, 0.2) is 5.78 Å². The zero-order valence-electron chi connectivity index (χ0n) is 12.3. The van der Waals surface area contributed by atoms with Crippen molar-refractivity contribution in [3.05, 3.63) is 28.3 Å². The second kappa shape index (κ2) is 7.54. The second-order valence-electron chi connectivity index (χ2n) is 4.88. The van der Waals surface area contributed by atoms with Crippen LogP contribution in [0.1, 0.15) is 53.2 Å². The van der Waals surface area contributed by atoms with Gasteiger partial charge in [-0.05, 0) is 56.4 Å². The first-order chi connectivity index (χ1) is 9.02. The van der Waals surface area contributed by atoms with Gasteiger partial charge in [-0.3, -0.25) is 4.79 Å². The summed E-state index contributed by atoms with van der Waals surface area (Å²) in [5.74, 6) is 1.60. The van der Waals surface area contributed by atoms with Crippen molar-refractivity contribution >= 4 is 17.4 Å². The number of hydrogen-bond acceptors (Lipinski definition) is 2. The minimum absolute atomic E-state index is 0.181. The smallest absolute Gasteiger partial charge is 0.163 e. The topological polar surface area (TPSA) is 26.3 Å². The molecule has 0 amide bonds. The van der Waals surface area contributed by atoms with Gasteiger partial charge in [0, 0.05) is 17.9 Å². The predicted octanol–water partition coefficient (Wildman–Crippen LogP) is 4.60. The molecule has 19 heavy (non-hydrogen) atoms. The molecule has 0 aliphatic heterocycles. The number of carbonyl (C=O) groups is 1. The van der Waals surface area contributed by atoms with E-state index in [0.29, 0.717) is 18.9 Å². The Morgan fingerprint density at radius 2 is 1.95 bits per heavy atom. The Kier molecular flexibility index (Phi) is 6.36. The van der Waals surface area contributed by atoms with Crippen molar-refractivity contribution in [3.63, 3.8) is 0 Å². The summed E-state index contributed by atoms with van der Waals surface area (Å²) in [6.07, 6.45) is 2.22. The summed E-state index contributed by atoms with van der Waals surface area (Å²) in [5.41, 5.74) is 3.93. The monoisotopic (exact) mass is 282 g/mol. The predicted molar refractivity (Wildman–Crippen MR) is 80.7 cm³/mol. The Labute approximate surface area is 121 Å². The first-order valence-electron chi connectivity index (χ1n) is 6.85. The Bertz CT molecular complexity index is 453. The highest BCUT2D eigenvalue weighted by Crippen LogP contribution is 2.29. The lowest BCUT2D eigenvalue weighted by Gasteiger charge is -2.16. The molecule has 0 saturated heterocycles. The van der Waals surface area contributed by atoms with Crippen LogP contribution in [0.15, 0.2) is 6.07 Å². The van der Waals surface area contributed by atoms with E-state index in [2.05, 4.69) is 6.92 Å². The number of Topliss-reactive ketones (excluding diaryl/α,β-unsaturated/α-hetero) is 1. The van der Waals surface area contributed by atoms with Gasteiger partial charge in [0.2, 0.25) is 0 Å². The SMILES string of the molecule is CCCOc1cc(C)c(C(=O)CCCCl)c(C)c1C. The van der Waals surface area contributed by atoms with Crippen LogP contribution in [0.3, 0.4) is 0 Å². The van der Waals surface area contributed by atoms with Gasteiger partial charge in [-0.15, -0.1) is 11.6 Å². The molecule has 0 heterocycles. The largest absolute Gasteiger partial charge is 0.493 e. The molecule has 0 fully saturated rings. The van der Waals surface area contributed by atoms with Crippen LogP contribution in [0, 0.1) is 20.8 Å². The number of ether oxygens (including phenoxy) is 1. The average Bonchev–Trinajstić information content (AvgIpc) is 2.39. The molecule has 0 unspecified atom stereocenters. The minimum atomic E-state index is 0.181. The summed E-state index contributed by atoms with van der Waals surface area (Å²) in [4.78, 5) is 12.2. The highest BCUT2D eigenvalue weighted by atomic mass is 35.5. The number of halogens is 1. The van der Waals surface area contributed by atoms with Crippen LogP contribution >= 0.6 is 11.6 Å². The Hall–Kier alpha value is -1.02. The maximum absolute atomic E-state index is 12.2. The van der Waals surface area contributed by atoms with E-state index in [0.717, 1.165) is 40.8 Å². The van der Waals surface area contributed by atoms with E-state index in [4.69, 9.17) is 16.3 Å². The van der Waals surface area contributed by atoms with E-state index in [1.165, 1.54) is 0 Å². The number of aryl methyl sites for hydroxylation is 1. The van der Waals surface area contributed by atoms with Gasteiger partial charge < -0.3 is 4.74 Å². The zero-order chi connectivity index (χ0) is 14.4. The lowest BCUT2D eigenvalue weighted by atomic mass is 9.93. The third kappa shape index (κ3) is 3.97. The van der Waals surface area contributed by atoms with Crippen molar-refractivity contribution in [2.75, 3.05) is 12.5 Å². The Morgan fingerprint density at radius 1 is 1.26 bits per heavy atom. The van der Waals surface area contributed by atoms with Crippen LogP contribution in [-0.4, -0.2) is 18.3 Å².